The van der Waals surface area contributed by atoms with Gasteiger partial charge in [0.1, 0.15) is 12.6 Å². The Hall–Kier alpha value is -3.19. The largest absolute Gasteiger partial charge is 0.375 e. The van der Waals surface area contributed by atoms with Gasteiger partial charge in [-0.3, -0.25) is 14.4 Å². The molecule has 2 rings (SSSR count). The number of aryl methyl sites for hydroxylation is 1. The van der Waals surface area contributed by atoms with Crippen LogP contribution in [0.5, 0.6) is 0 Å². The Balaban J connectivity index is 2.05. The number of methoxy groups -OCH3 is 1. The highest BCUT2D eigenvalue weighted by Crippen LogP contribution is 2.16. The van der Waals surface area contributed by atoms with E-state index >= 15 is 0 Å². The molecule has 7 nitrogen and oxygen atoms in total. The van der Waals surface area contributed by atoms with Gasteiger partial charge in [0.25, 0.3) is 5.91 Å². The van der Waals surface area contributed by atoms with Crippen LogP contribution in [0.2, 0.25) is 0 Å². The Bertz CT molecular complexity index is 878. The number of nitrogens with one attached hydrogen (secondary N) is 3. The van der Waals surface area contributed by atoms with Crippen molar-refractivity contribution in [3.8, 4) is 0 Å². The summed E-state index contributed by atoms with van der Waals surface area (Å²) in [7, 11) is 1.45. The Morgan fingerprint density at radius 2 is 1.53 bits per heavy atom. The molecule has 3 amide bonds. The van der Waals surface area contributed by atoms with Crippen molar-refractivity contribution in [2.75, 3.05) is 24.4 Å². The van der Waals surface area contributed by atoms with E-state index in [9.17, 15) is 14.4 Å². The molecular formula is C23H29N3O4. The number of ether oxygens (including phenoxy) is 1. The van der Waals surface area contributed by atoms with E-state index in [1.165, 1.54) is 7.11 Å². The first-order valence-electron chi connectivity index (χ1n) is 9.86. The summed E-state index contributed by atoms with van der Waals surface area (Å²) in [5.74, 6) is -0.603. The second kappa shape index (κ2) is 11.1. The number of carbonyl (C=O) groups excluding carboxylic acids is 3. The van der Waals surface area contributed by atoms with Crippen molar-refractivity contribution in [3.05, 3.63) is 59.7 Å². The van der Waals surface area contributed by atoms with Crippen LogP contribution in [0.4, 0.5) is 11.4 Å². The van der Waals surface area contributed by atoms with Crippen LogP contribution in [0.3, 0.4) is 0 Å². The second-order valence-electron chi connectivity index (χ2n) is 7.52. The Morgan fingerprint density at radius 3 is 2.10 bits per heavy atom. The molecule has 0 aliphatic carbocycles. The van der Waals surface area contributed by atoms with Crippen molar-refractivity contribution in [2.24, 2.45) is 5.92 Å². The minimum absolute atomic E-state index is 0.0318. The van der Waals surface area contributed by atoms with Gasteiger partial charge in [-0.2, -0.15) is 0 Å². The van der Waals surface area contributed by atoms with Gasteiger partial charge in [-0.1, -0.05) is 32.0 Å². The first-order valence-corrected chi connectivity index (χ1v) is 9.86. The third kappa shape index (κ3) is 7.00. The number of amides is 3. The summed E-state index contributed by atoms with van der Waals surface area (Å²) in [6.07, 6.45) is 0.509. The zero-order chi connectivity index (χ0) is 22.1. The highest BCUT2D eigenvalue weighted by molar-refractivity contribution is 6.02. The predicted octanol–water partition coefficient (Wildman–Crippen LogP) is 3.36. The molecule has 160 valence electrons. The van der Waals surface area contributed by atoms with Crippen LogP contribution >= 0.6 is 0 Å². The van der Waals surface area contributed by atoms with Crippen molar-refractivity contribution in [1.82, 2.24) is 5.32 Å². The van der Waals surface area contributed by atoms with Crippen molar-refractivity contribution in [1.29, 1.82) is 0 Å². The van der Waals surface area contributed by atoms with Crippen LogP contribution in [0.15, 0.2) is 48.5 Å². The van der Waals surface area contributed by atoms with E-state index in [1.807, 2.05) is 32.9 Å². The minimum atomic E-state index is -0.668. The van der Waals surface area contributed by atoms with E-state index < -0.39 is 6.04 Å². The lowest BCUT2D eigenvalue weighted by Gasteiger charge is -2.21. The third-order valence-corrected chi connectivity index (χ3v) is 4.43. The normalized spacial score (nSPS) is 11.6. The zero-order valence-electron chi connectivity index (χ0n) is 17.8. The lowest BCUT2D eigenvalue weighted by molar-refractivity contribution is -0.120. The van der Waals surface area contributed by atoms with Gasteiger partial charge in [0.05, 0.1) is 0 Å². The summed E-state index contributed by atoms with van der Waals surface area (Å²) in [5.41, 5.74) is 2.57. The number of anilines is 2. The Kier molecular flexibility index (Phi) is 8.55. The zero-order valence-corrected chi connectivity index (χ0v) is 17.8. The topological polar surface area (TPSA) is 96.5 Å². The monoisotopic (exact) mass is 411 g/mol. The van der Waals surface area contributed by atoms with Crippen molar-refractivity contribution in [3.63, 3.8) is 0 Å². The van der Waals surface area contributed by atoms with Crippen LogP contribution in [-0.4, -0.2) is 37.5 Å². The van der Waals surface area contributed by atoms with Crippen LogP contribution < -0.4 is 16.0 Å². The molecule has 7 heteroatoms. The first-order chi connectivity index (χ1) is 14.3. The molecule has 0 radical (unpaired) electrons. The molecule has 0 saturated carbocycles. The van der Waals surface area contributed by atoms with Crippen molar-refractivity contribution < 1.29 is 19.1 Å². The number of hydrogen-bond acceptors (Lipinski definition) is 4. The van der Waals surface area contributed by atoms with Crippen molar-refractivity contribution >= 4 is 29.1 Å². The molecule has 2 aromatic rings. The fourth-order valence-corrected chi connectivity index (χ4v) is 2.96. The van der Waals surface area contributed by atoms with Gasteiger partial charge >= 0.3 is 0 Å². The van der Waals surface area contributed by atoms with Gasteiger partial charge in [0, 0.05) is 24.0 Å². The summed E-state index contributed by atoms with van der Waals surface area (Å²) in [6, 6.07) is 13.4. The van der Waals surface area contributed by atoms with Crippen molar-refractivity contribution in [2.45, 2.75) is 33.2 Å². The van der Waals surface area contributed by atoms with Crippen LogP contribution in [0.25, 0.3) is 0 Å². The Morgan fingerprint density at radius 1 is 0.933 bits per heavy atom. The second-order valence-corrected chi connectivity index (χ2v) is 7.52. The molecule has 0 bridgehead atoms. The predicted molar refractivity (Wildman–Crippen MR) is 117 cm³/mol. The summed E-state index contributed by atoms with van der Waals surface area (Å²) >= 11 is 0. The fraction of sp³-hybridized carbons (Fsp3) is 0.348. The summed E-state index contributed by atoms with van der Waals surface area (Å²) in [5, 5.41) is 8.38. The molecule has 1 unspecified atom stereocenters. The summed E-state index contributed by atoms with van der Waals surface area (Å²) in [6.45, 7) is 5.82. The molecule has 0 fully saturated rings. The molecule has 2 aromatic carbocycles. The maximum atomic E-state index is 12.8. The molecule has 0 spiro atoms. The van der Waals surface area contributed by atoms with Crippen LogP contribution in [0.1, 0.15) is 36.2 Å². The van der Waals surface area contributed by atoms with E-state index in [1.54, 1.807) is 36.4 Å². The highest BCUT2D eigenvalue weighted by Gasteiger charge is 2.23. The first kappa shape index (κ1) is 23.1. The maximum absolute atomic E-state index is 12.8. The van der Waals surface area contributed by atoms with Gasteiger partial charge in [0.2, 0.25) is 11.8 Å². The van der Waals surface area contributed by atoms with Gasteiger partial charge in [-0.15, -0.1) is 0 Å². The lowest BCUT2D eigenvalue weighted by Crippen LogP contribution is -2.44. The molecule has 0 heterocycles. The van der Waals surface area contributed by atoms with Gasteiger partial charge in [-0.25, -0.2) is 0 Å². The standard InChI is InChI=1S/C23H29N3O4/c1-15(2)13-20(26-22(28)19-8-6-5-7-16(19)3)23(29)25-18-11-9-17(10-12-18)24-21(27)14-30-4/h5-12,15,20H,13-14H2,1-4H3,(H,24,27)(H,25,29)(H,26,28). The average molecular weight is 412 g/mol. The number of hydrogen-bond donors (Lipinski definition) is 3. The molecule has 0 aliphatic heterocycles. The molecule has 1 atom stereocenters. The van der Waals surface area contributed by atoms with E-state index in [-0.39, 0.29) is 30.2 Å². The lowest BCUT2D eigenvalue weighted by atomic mass is 10.0. The van der Waals surface area contributed by atoms with Gasteiger partial charge in [0.15, 0.2) is 0 Å². The molecular weight excluding hydrogens is 382 g/mol. The van der Waals surface area contributed by atoms with Gasteiger partial charge < -0.3 is 20.7 Å². The van der Waals surface area contributed by atoms with E-state index in [0.717, 1.165) is 5.56 Å². The summed E-state index contributed by atoms with van der Waals surface area (Å²) in [4.78, 5) is 37.1. The number of benzene rings is 2. The van der Waals surface area contributed by atoms with E-state index in [2.05, 4.69) is 16.0 Å². The maximum Gasteiger partial charge on any atom is 0.252 e. The smallest absolute Gasteiger partial charge is 0.252 e. The van der Waals surface area contributed by atoms with Crippen LogP contribution in [-0.2, 0) is 14.3 Å². The Labute approximate surface area is 177 Å². The molecule has 0 aliphatic rings. The van der Waals surface area contributed by atoms with E-state index in [4.69, 9.17) is 4.74 Å². The number of rotatable bonds is 9. The SMILES string of the molecule is COCC(=O)Nc1ccc(NC(=O)C(CC(C)C)NC(=O)c2ccccc2C)cc1. The van der Waals surface area contributed by atoms with Gasteiger partial charge in [-0.05, 0) is 55.2 Å². The molecule has 0 saturated heterocycles. The minimum Gasteiger partial charge on any atom is -0.375 e. The molecule has 3 N–H and O–H groups in total. The van der Waals surface area contributed by atoms with E-state index in [0.29, 0.717) is 23.4 Å². The van der Waals surface area contributed by atoms with Crippen LogP contribution in [0, 0.1) is 12.8 Å². The molecule has 0 aromatic heterocycles. The molecule has 30 heavy (non-hydrogen) atoms. The fourth-order valence-electron chi connectivity index (χ4n) is 2.96. The quantitative estimate of drug-likeness (QED) is 0.589. The average Bonchev–Trinajstić information content (AvgIpc) is 2.69. The highest BCUT2D eigenvalue weighted by atomic mass is 16.5. The third-order valence-electron chi connectivity index (χ3n) is 4.43. The summed E-state index contributed by atoms with van der Waals surface area (Å²) < 4.78 is 4.78. The number of carbonyl (C=O) groups is 3.